The van der Waals surface area contributed by atoms with Gasteiger partial charge in [-0.15, -0.1) is 0 Å². The molecule has 0 aromatic heterocycles. The predicted molar refractivity (Wildman–Crippen MR) is 94.8 cm³/mol. The Labute approximate surface area is 144 Å². The van der Waals surface area contributed by atoms with Gasteiger partial charge in [0.25, 0.3) is 0 Å². The molecule has 2 amide bonds. The number of likely N-dealkylation sites (tertiary alicyclic amines) is 1. The molecule has 1 aromatic rings. The molecular weight excluding hydrogens is 300 g/mol. The van der Waals surface area contributed by atoms with E-state index in [9.17, 15) is 9.59 Å². The molecule has 1 heterocycles. The van der Waals surface area contributed by atoms with Gasteiger partial charge in [-0.05, 0) is 61.6 Å². The molecule has 24 heavy (non-hydrogen) atoms. The zero-order chi connectivity index (χ0) is 16.9. The van der Waals surface area contributed by atoms with Crippen LogP contribution in [0.5, 0.6) is 0 Å². The van der Waals surface area contributed by atoms with Crippen LogP contribution in [0.15, 0.2) is 18.2 Å². The second-order valence-electron chi connectivity index (χ2n) is 7.13. The average molecular weight is 328 g/mol. The van der Waals surface area contributed by atoms with Crippen LogP contribution in [0.1, 0.15) is 49.3 Å². The highest BCUT2D eigenvalue weighted by atomic mass is 16.2. The minimum absolute atomic E-state index is 0.0594. The van der Waals surface area contributed by atoms with Gasteiger partial charge in [0, 0.05) is 32.5 Å². The number of amides is 2. The van der Waals surface area contributed by atoms with Crippen molar-refractivity contribution in [1.82, 2.24) is 10.2 Å². The van der Waals surface area contributed by atoms with Gasteiger partial charge < -0.3 is 10.2 Å². The van der Waals surface area contributed by atoms with Crippen LogP contribution in [0, 0.1) is 5.92 Å². The highest BCUT2D eigenvalue weighted by molar-refractivity contribution is 5.79. The van der Waals surface area contributed by atoms with Crippen molar-refractivity contribution < 1.29 is 9.59 Å². The maximum Gasteiger partial charge on any atom is 0.223 e. The molecule has 1 saturated heterocycles. The molecule has 1 fully saturated rings. The summed E-state index contributed by atoms with van der Waals surface area (Å²) in [6, 6.07) is 6.80. The molecule has 1 aromatic carbocycles. The summed E-state index contributed by atoms with van der Waals surface area (Å²) in [5.41, 5.74) is 4.33. The fourth-order valence-electron chi connectivity index (χ4n) is 3.87. The zero-order valence-corrected chi connectivity index (χ0v) is 14.6. The predicted octanol–water partition coefficient (Wildman–Crippen LogP) is 2.48. The third-order valence-corrected chi connectivity index (χ3v) is 5.44. The fraction of sp³-hybridized carbons (Fsp3) is 0.600. The molecular formula is C20H28N2O2. The van der Waals surface area contributed by atoms with Gasteiger partial charge in [-0.1, -0.05) is 18.2 Å². The highest BCUT2D eigenvalue weighted by Gasteiger charge is 2.25. The van der Waals surface area contributed by atoms with E-state index in [1.54, 1.807) is 6.92 Å². The van der Waals surface area contributed by atoms with Gasteiger partial charge in [-0.25, -0.2) is 0 Å². The Morgan fingerprint density at radius 2 is 1.83 bits per heavy atom. The second-order valence-corrected chi connectivity index (χ2v) is 7.13. The second kappa shape index (κ2) is 7.82. The Morgan fingerprint density at radius 1 is 1.12 bits per heavy atom. The summed E-state index contributed by atoms with van der Waals surface area (Å²) < 4.78 is 0. The molecule has 4 nitrogen and oxygen atoms in total. The quantitative estimate of drug-likeness (QED) is 0.923. The third-order valence-electron chi connectivity index (χ3n) is 5.44. The zero-order valence-electron chi connectivity index (χ0n) is 14.6. The lowest BCUT2D eigenvalue weighted by Crippen LogP contribution is -2.42. The SMILES string of the molecule is CC(=O)N1CCC(C(=O)NCCc2ccc3c(c2)CCCC3)CC1. The monoisotopic (exact) mass is 328 g/mol. The van der Waals surface area contributed by atoms with Crippen molar-refractivity contribution in [1.29, 1.82) is 0 Å². The smallest absolute Gasteiger partial charge is 0.223 e. The standard InChI is InChI=1S/C20H28N2O2/c1-15(23)22-12-9-18(10-13-22)20(24)21-11-8-16-6-7-17-4-2-3-5-19(17)14-16/h6-7,14,18H,2-5,8-13H2,1H3,(H,21,24). The number of piperidine rings is 1. The number of hydrogen-bond acceptors (Lipinski definition) is 2. The topological polar surface area (TPSA) is 49.4 Å². The van der Waals surface area contributed by atoms with Crippen molar-refractivity contribution in [3.05, 3.63) is 34.9 Å². The fourth-order valence-corrected chi connectivity index (χ4v) is 3.87. The van der Waals surface area contributed by atoms with Crippen molar-refractivity contribution in [2.75, 3.05) is 19.6 Å². The molecule has 2 aliphatic rings. The van der Waals surface area contributed by atoms with Crippen LogP contribution in [0.4, 0.5) is 0 Å². The van der Waals surface area contributed by atoms with Gasteiger partial charge in [-0.2, -0.15) is 0 Å². The van der Waals surface area contributed by atoms with E-state index in [-0.39, 0.29) is 17.7 Å². The molecule has 0 atom stereocenters. The minimum atomic E-state index is 0.0594. The van der Waals surface area contributed by atoms with Crippen molar-refractivity contribution >= 4 is 11.8 Å². The molecule has 1 N–H and O–H groups in total. The van der Waals surface area contributed by atoms with E-state index in [0.717, 1.165) is 19.3 Å². The largest absolute Gasteiger partial charge is 0.356 e. The first-order valence-electron chi connectivity index (χ1n) is 9.27. The molecule has 0 unspecified atom stereocenters. The third kappa shape index (κ3) is 4.16. The molecule has 3 rings (SSSR count). The van der Waals surface area contributed by atoms with Gasteiger partial charge in [0.1, 0.15) is 0 Å². The van der Waals surface area contributed by atoms with E-state index in [1.807, 2.05) is 4.90 Å². The Hall–Kier alpha value is -1.84. The Morgan fingerprint density at radius 3 is 2.54 bits per heavy atom. The van der Waals surface area contributed by atoms with Crippen molar-refractivity contribution in [3.8, 4) is 0 Å². The van der Waals surface area contributed by atoms with Gasteiger partial charge in [-0.3, -0.25) is 9.59 Å². The Balaban J connectivity index is 1.43. The van der Waals surface area contributed by atoms with Gasteiger partial charge in [0.2, 0.25) is 11.8 Å². The van der Waals surface area contributed by atoms with E-state index < -0.39 is 0 Å². The summed E-state index contributed by atoms with van der Waals surface area (Å²) in [4.78, 5) is 25.4. The number of aryl methyl sites for hydroxylation is 2. The van der Waals surface area contributed by atoms with Crippen LogP contribution in [-0.2, 0) is 28.9 Å². The lowest BCUT2D eigenvalue weighted by Gasteiger charge is -2.30. The van der Waals surface area contributed by atoms with Gasteiger partial charge >= 0.3 is 0 Å². The number of carbonyl (C=O) groups is 2. The first kappa shape index (κ1) is 17.0. The van der Waals surface area contributed by atoms with Gasteiger partial charge in [0.15, 0.2) is 0 Å². The summed E-state index contributed by atoms with van der Waals surface area (Å²) in [7, 11) is 0. The van der Waals surface area contributed by atoms with E-state index in [4.69, 9.17) is 0 Å². The van der Waals surface area contributed by atoms with E-state index in [2.05, 4.69) is 23.5 Å². The van der Waals surface area contributed by atoms with E-state index >= 15 is 0 Å². The first-order valence-corrected chi connectivity index (χ1v) is 9.27. The summed E-state index contributed by atoms with van der Waals surface area (Å²) >= 11 is 0. The molecule has 4 heteroatoms. The van der Waals surface area contributed by atoms with Crippen molar-refractivity contribution in [3.63, 3.8) is 0 Å². The number of nitrogens with one attached hydrogen (secondary N) is 1. The number of fused-ring (bicyclic) bond motifs is 1. The van der Waals surface area contributed by atoms with Crippen LogP contribution in [0.3, 0.4) is 0 Å². The van der Waals surface area contributed by atoms with Gasteiger partial charge in [0.05, 0.1) is 0 Å². The normalized spacial score (nSPS) is 18.1. The summed E-state index contributed by atoms with van der Waals surface area (Å²) in [5, 5.41) is 3.08. The summed E-state index contributed by atoms with van der Waals surface area (Å²) in [6.45, 7) is 3.71. The maximum absolute atomic E-state index is 12.3. The van der Waals surface area contributed by atoms with E-state index in [1.165, 1.54) is 42.4 Å². The van der Waals surface area contributed by atoms with Crippen LogP contribution in [0.2, 0.25) is 0 Å². The number of hydrogen-bond donors (Lipinski definition) is 1. The number of nitrogens with zero attached hydrogens (tertiary/aromatic N) is 1. The Bertz CT molecular complexity index is 604. The minimum Gasteiger partial charge on any atom is -0.356 e. The average Bonchev–Trinajstić information content (AvgIpc) is 2.61. The molecule has 130 valence electrons. The summed E-state index contributed by atoms with van der Waals surface area (Å²) in [6.07, 6.45) is 7.48. The van der Waals surface area contributed by atoms with Crippen LogP contribution in [-0.4, -0.2) is 36.3 Å². The number of benzene rings is 1. The molecule has 1 aliphatic carbocycles. The van der Waals surface area contributed by atoms with Crippen LogP contribution >= 0.6 is 0 Å². The van der Waals surface area contributed by atoms with Crippen molar-refractivity contribution in [2.24, 2.45) is 5.92 Å². The molecule has 1 aliphatic heterocycles. The first-order chi connectivity index (χ1) is 11.6. The number of rotatable bonds is 4. The molecule has 0 radical (unpaired) electrons. The lowest BCUT2D eigenvalue weighted by atomic mass is 9.90. The van der Waals surface area contributed by atoms with E-state index in [0.29, 0.717) is 19.6 Å². The summed E-state index contributed by atoms with van der Waals surface area (Å²) in [5.74, 6) is 0.321. The van der Waals surface area contributed by atoms with Crippen LogP contribution in [0.25, 0.3) is 0 Å². The highest BCUT2D eigenvalue weighted by Crippen LogP contribution is 2.22. The maximum atomic E-state index is 12.3. The Kier molecular flexibility index (Phi) is 5.54. The number of carbonyl (C=O) groups excluding carboxylic acids is 2. The lowest BCUT2D eigenvalue weighted by molar-refractivity contribution is -0.133. The molecule has 0 saturated carbocycles. The molecule has 0 spiro atoms. The van der Waals surface area contributed by atoms with Crippen molar-refractivity contribution in [2.45, 2.75) is 51.9 Å². The van der Waals surface area contributed by atoms with Crippen LogP contribution < -0.4 is 5.32 Å². The molecule has 0 bridgehead atoms.